The van der Waals surface area contributed by atoms with E-state index in [-0.39, 0.29) is 0 Å². The molecule has 0 atom stereocenters. The van der Waals surface area contributed by atoms with Crippen molar-refractivity contribution in [2.75, 3.05) is 6.54 Å². The fraction of sp³-hybridized carbons (Fsp3) is 0.286. The monoisotopic (exact) mass is 291 g/mol. The summed E-state index contributed by atoms with van der Waals surface area (Å²) in [6.45, 7) is 3.79. The summed E-state index contributed by atoms with van der Waals surface area (Å²) in [5, 5.41) is 5.71. The van der Waals surface area contributed by atoms with Crippen molar-refractivity contribution in [2.45, 2.75) is 19.9 Å². The molecular weight excluding hydrogens is 274 g/mol. The number of nitrogens with zero attached hydrogens (tertiary/aromatic N) is 2. The van der Waals surface area contributed by atoms with Gasteiger partial charge >= 0.3 is 0 Å². The second-order valence-corrected chi connectivity index (χ2v) is 5.40. The minimum absolute atomic E-state index is 0.561. The molecule has 0 aliphatic carbocycles. The second-order valence-electron chi connectivity index (χ2n) is 4.14. The Morgan fingerprint density at radius 3 is 2.89 bits per heavy atom. The molecule has 5 heteroatoms. The first-order valence-corrected chi connectivity index (χ1v) is 7.59. The molecule has 1 aromatic carbocycles. The second kappa shape index (κ2) is 7.21. The normalized spacial score (nSPS) is 11.5. The predicted molar refractivity (Wildman–Crippen MR) is 84.3 cm³/mol. The highest BCUT2D eigenvalue weighted by molar-refractivity contribution is 7.80. The van der Waals surface area contributed by atoms with E-state index in [1.54, 1.807) is 11.3 Å². The largest absolute Gasteiger partial charge is 0.361 e. The van der Waals surface area contributed by atoms with Crippen LogP contribution in [0.2, 0.25) is 0 Å². The van der Waals surface area contributed by atoms with Crippen LogP contribution in [0.25, 0.3) is 0 Å². The van der Waals surface area contributed by atoms with Crippen molar-refractivity contribution in [3.05, 3.63) is 52.3 Å². The van der Waals surface area contributed by atoms with Crippen molar-refractivity contribution in [2.24, 2.45) is 4.99 Å². The fourth-order valence-corrected chi connectivity index (χ4v) is 2.63. The molecule has 1 heterocycles. The van der Waals surface area contributed by atoms with Gasteiger partial charge in [0, 0.05) is 24.7 Å². The molecule has 0 amide bonds. The van der Waals surface area contributed by atoms with Crippen molar-refractivity contribution in [3.63, 3.8) is 0 Å². The molecule has 0 spiro atoms. The number of rotatable bonds is 4. The van der Waals surface area contributed by atoms with Crippen LogP contribution in [0.15, 0.2) is 46.9 Å². The Morgan fingerprint density at radius 2 is 2.16 bits per heavy atom. The van der Waals surface area contributed by atoms with Crippen molar-refractivity contribution >= 4 is 28.7 Å². The highest BCUT2D eigenvalue weighted by atomic mass is 32.1. The zero-order chi connectivity index (χ0) is 13.5. The number of hydrogen-bond donors (Lipinski definition) is 1. The van der Waals surface area contributed by atoms with Gasteiger partial charge in [0.1, 0.15) is 0 Å². The van der Waals surface area contributed by atoms with Gasteiger partial charge in [0.25, 0.3) is 0 Å². The van der Waals surface area contributed by atoms with Gasteiger partial charge in [0.2, 0.25) is 0 Å². The molecule has 1 aromatic heterocycles. The topological polar surface area (TPSA) is 29.3 Å². The van der Waals surface area contributed by atoms with Gasteiger partial charge in [-0.05, 0) is 24.2 Å². The summed E-state index contributed by atoms with van der Waals surface area (Å²) < 4.78 is 2.11. The third-order valence-electron chi connectivity index (χ3n) is 2.58. The van der Waals surface area contributed by atoms with Crippen molar-refractivity contribution < 1.29 is 0 Å². The van der Waals surface area contributed by atoms with Gasteiger partial charge in [-0.2, -0.15) is 4.99 Å². The molecule has 0 radical (unpaired) electrons. The van der Waals surface area contributed by atoms with Crippen molar-refractivity contribution in [1.29, 1.82) is 0 Å². The number of nitrogens with one attached hydrogen (secondary N) is 1. The van der Waals surface area contributed by atoms with Crippen LogP contribution in [-0.2, 0) is 6.54 Å². The van der Waals surface area contributed by atoms with Crippen LogP contribution in [0.5, 0.6) is 0 Å². The number of benzene rings is 1. The molecule has 100 valence electrons. The van der Waals surface area contributed by atoms with Gasteiger partial charge in [-0.15, -0.1) is 11.3 Å². The lowest BCUT2D eigenvalue weighted by molar-refractivity contribution is 0.768. The van der Waals surface area contributed by atoms with Crippen molar-refractivity contribution in [1.82, 2.24) is 9.88 Å². The van der Waals surface area contributed by atoms with Crippen LogP contribution in [0, 0.1) is 0 Å². The zero-order valence-electron chi connectivity index (χ0n) is 10.9. The summed E-state index contributed by atoms with van der Waals surface area (Å²) >= 11 is 6.81. The summed E-state index contributed by atoms with van der Waals surface area (Å²) in [5.74, 6) is 0. The van der Waals surface area contributed by atoms with E-state index in [1.807, 2.05) is 29.8 Å². The predicted octanol–water partition coefficient (Wildman–Crippen LogP) is 2.78. The molecule has 0 bridgehead atoms. The molecule has 1 N–H and O–H groups in total. The highest BCUT2D eigenvalue weighted by Gasteiger charge is 1.98. The Bertz CT molecular complexity index is 584. The van der Waals surface area contributed by atoms with E-state index < -0.39 is 0 Å². The first-order valence-electron chi connectivity index (χ1n) is 6.30. The Balaban J connectivity index is 2.13. The molecule has 0 saturated heterocycles. The van der Waals surface area contributed by atoms with Gasteiger partial charge in [0.15, 0.2) is 9.91 Å². The smallest absolute Gasteiger partial charge is 0.195 e. The van der Waals surface area contributed by atoms with Crippen LogP contribution >= 0.6 is 23.6 Å². The van der Waals surface area contributed by atoms with E-state index in [0.717, 1.165) is 24.3 Å². The van der Waals surface area contributed by atoms with Crippen molar-refractivity contribution in [3.8, 4) is 0 Å². The standard InChI is InChI=1S/C14H17N3S2/c1-2-8-15-13(18)16-14-17(9-10-19-14)11-12-6-4-3-5-7-12/h3-7,9-10H,2,8,11H2,1H3,(H,15,18). The quantitative estimate of drug-likeness (QED) is 0.878. The Hall–Kier alpha value is -1.46. The average molecular weight is 291 g/mol. The first-order chi connectivity index (χ1) is 9.29. The van der Waals surface area contributed by atoms with Gasteiger partial charge in [-0.3, -0.25) is 0 Å². The molecule has 0 aliphatic rings. The van der Waals surface area contributed by atoms with Crippen LogP contribution in [0.4, 0.5) is 0 Å². The lowest BCUT2D eigenvalue weighted by atomic mass is 10.2. The maximum Gasteiger partial charge on any atom is 0.195 e. The lowest BCUT2D eigenvalue weighted by Gasteiger charge is -2.04. The fourth-order valence-electron chi connectivity index (χ4n) is 1.65. The maximum absolute atomic E-state index is 5.21. The van der Waals surface area contributed by atoms with E-state index in [9.17, 15) is 0 Å². The molecule has 19 heavy (non-hydrogen) atoms. The lowest BCUT2D eigenvalue weighted by Crippen LogP contribution is -2.24. The number of thiocarbonyl (C=S) groups is 1. The van der Waals surface area contributed by atoms with Crippen LogP contribution in [-0.4, -0.2) is 16.2 Å². The highest BCUT2D eigenvalue weighted by Crippen LogP contribution is 2.01. The van der Waals surface area contributed by atoms with E-state index in [2.05, 4.69) is 33.9 Å². The molecule has 3 nitrogen and oxygen atoms in total. The van der Waals surface area contributed by atoms with Gasteiger partial charge in [-0.1, -0.05) is 37.3 Å². The third kappa shape index (κ3) is 4.29. The van der Waals surface area contributed by atoms with E-state index in [0.29, 0.717) is 5.11 Å². The zero-order valence-corrected chi connectivity index (χ0v) is 12.5. The Labute approximate surface area is 122 Å². The van der Waals surface area contributed by atoms with Gasteiger partial charge < -0.3 is 9.88 Å². The minimum Gasteiger partial charge on any atom is -0.361 e. The van der Waals surface area contributed by atoms with Crippen LogP contribution < -0.4 is 10.1 Å². The molecule has 0 saturated carbocycles. The summed E-state index contributed by atoms with van der Waals surface area (Å²) in [7, 11) is 0. The number of thiazole rings is 1. The molecule has 2 rings (SSSR count). The van der Waals surface area contributed by atoms with Crippen LogP contribution in [0.3, 0.4) is 0 Å². The van der Waals surface area contributed by atoms with Crippen LogP contribution in [0.1, 0.15) is 18.9 Å². The molecule has 0 unspecified atom stereocenters. The summed E-state index contributed by atoms with van der Waals surface area (Å²) in [4.78, 5) is 5.38. The minimum atomic E-state index is 0.561. The van der Waals surface area contributed by atoms with Gasteiger partial charge in [0.05, 0.1) is 0 Å². The van der Waals surface area contributed by atoms with E-state index >= 15 is 0 Å². The first kappa shape index (κ1) is 14.0. The molecule has 0 fully saturated rings. The summed E-state index contributed by atoms with van der Waals surface area (Å²) in [6, 6.07) is 10.3. The molecule has 0 aliphatic heterocycles. The Kier molecular flexibility index (Phi) is 5.30. The Morgan fingerprint density at radius 1 is 1.37 bits per heavy atom. The number of hydrogen-bond acceptors (Lipinski definition) is 2. The third-order valence-corrected chi connectivity index (χ3v) is 3.61. The average Bonchev–Trinajstić information content (AvgIpc) is 2.85. The number of aromatic nitrogens is 1. The van der Waals surface area contributed by atoms with E-state index in [4.69, 9.17) is 12.2 Å². The summed E-state index contributed by atoms with van der Waals surface area (Å²) in [5.41, 5.74) is 1.26. The maximum atomic E-state index is 5.21. The molecule has 2 aromatic rings. The molecular formula is C14H17N3S2. The van der Waals surface area contributed by atoms with Gasteiger partial charge in [-0.25, -0.2) is 0 Å². The summed E-state index contributed by atoms with van der Waals surface area (Å²) in [6.07, 6.45) is 3.09. The SMILES string of the molecule is CCCNC(=S)N=c1sccn1Cc1ccccc1. The van der Waals surface area contributed by atoms with E-state index in [1.165, 1.54) is 5.56 Å².